The fraction of sp³-hybridized carbons (Fsp3) is 0.278. The van der Waals surface area contributed by atoms with Crippen molar-refractivity contribution in [3.05, 3.63) is 54.1 Å². The minimum atomic E-state index is 0. The maximum atomic E-state index is 5.91. The van der Waals surface area contributed by atoms with E-state index in [1.165, 1.54) is 0 Å². The van der Waals surface area contributed by atoms with Crippen LogP contribution in [0.3, 0.4) is 0 Å². The Hall–Kier alpha value is -2.00. The molecule has 0 spiro atoms. The maximum absolute atomic E-state index is 5.91. The monoisotopic (exact) mass is 457 g/mol. The second kappa shape index (κ2) is 11.5. The van der Waals surface area contributed by atoms with Gasteiger partial charge in [-0.25, -0.2) is 4.99 Å². The van der Waals surface area contributed by atoms with Crippen LogP contribution in [0.2, 0.25) is 0 Å². The molecule has 2 rings (SSSR count). The predicted octanol–water partition coefficient (Wildman–Crippen LogP) is 3.27. The van der Waals surface area contributed by atoms with Crippen LogP contribution in [0.1, 0.15) is 5.56 Å². The number of hydrogen-bond donors (Lipinski definition) is 2. The lowest BCUT2D eigenvalue weighted by Gasteiger charge is -2.11. The third-order valence-corrected chi connectivity index (χ3v) is 3.28. The van der Waals surface area contributed by atoms with Crippen LogP contribution < -0.4 is 20.5 Å². The average molecular weight is 457 g/mol. The normalized spacial score (nSPS) is 10.7. The van der Waals surface area contributed by atoms with Crippen molar-refractivity contribution in [3.8, 4) is 11.5 Å². The number of benzene rings is 2. The molecule has 25 heavy (non-hydrogen) atoms. The number of nitrogens with one attached hydrogen (secondary N) is 1. The van der Waals surface area contributed by atoms with Gasteiger partial charge in [0.25, 0.3) is 0 Å². The first-order valence-electron chi connectivity index (χ1n) is 7.63. The van der Waals surface area contributed by atoms with Gasteiger partial charge in [0.15, 0.2) is 5.96 Å². The molecule has 2 aromatic rings. The number of guanidine groups is 1. The van der Waals surface area contributed by atoms with Crippen LogP contribution in [0.25, 0.3) is 0 Å². The molecule has 0 aliphatic rings. The van der Waals surface area contributed by atoms with E-state index in [4.69, 9.17) is 19.9 Å². The number of nitrogens with two attached hydrogens (primary N) is 1. The summed E-state index contributed by atoms with van der Waals surface area (Å²) < 4.78 is 15.9. The summed E-state index contributed by atoms with van der Waals surface area (Å²) in [5.74, 6) is 1.91. The zero-order valence-electron chi connectivity index (χ0n) is 14.4. The Morgan fingerprint density at radius 2 is 1.72 bits per heavy atom. The lowest BCUT2D eigenvalue weighted by molar-refractivity contribution is 0.185. The smallest absolute Gasteiger partial charge is 0.193 e. The second-order valence-corrected chi connectivity index (χ2v) is 5.01. The van der Waals surface area contributed by atoms with Gasteiger partial charge in [0.05, 0.1) is 20.3 Å². The molecule has 0 atom stereocenters. The fourth-order valence-electron chi connectivity index (χ4n) is 2.10. The van der Waals surface area contributed by atoms with Crippen LogP contribution in [0.15, 0.2) is 53.5 Å². The van der Waals surface area contributed by atoms with Crippen molar-refractivity contribution in [2.24, 2.45) is 10.7 Å². The molecule has 0 saturated carbocycles. The van der Waals surface area contributed by atoms with Gasteiger partial charge in [-0.1, -0.05) is 18.2 Å². The van der Waals surface area contributed by atoms with Crippen molar-refractivity contribution in [1.82, 2.24) is 0 Å². The van der Waals surface area contributed by atoms with Crippen LogP contribution >= 0.6 is 24.0 Å². The number of halogens is 1. The number of aliphatic imine (C=N–C) groups is 1. The average Bonchev–Trinajstić information content (AvgIpc) is 2.61. The predicted molar refractivity (Wildman–Crippen MR) is 111 cm³/mol. The molecule has 2 aromatic carbocycles. The van der Waals surface area contributed by atoms with E-state index < -0.39 is 0 Å². The van der Waals surface area contributed by atoms with Gasteiger partial charge in [0.1, 0.15) is 18.1 Å². The molecule has 0 radical (unpaired) electrons. The number of hydrogen-bond acceptors (Lipinski definition) is 4. The van der Waals surface area contributed by atoms with Crippen molar-refractivity contribution in [2.75, 3.05) is 32.7 Å². The summed E-state index contributed by atoms with van der Waals surface area (Å²) in [7, 11) is 3.29. The van der Waals surface area contributed by atoms with Crippen LogP contribution in [-0.2, 0) is 11.3 Å². The van der Waals surface area contributed by atoms with Gasteiger partial charge >= 0.3 is 0 Å². The Balaban J connectivity index is 0.00000312. The Kier molecular flexibility index (Phi) is 9.71. The molecule has 0 amide bonds. The summed E-state index contributed by atoms with van der Waals surface area (Å²) in [4.78, 5) is 4.26. The van der Waals surface area contributed by atoms with Crippen molar-refractivity contribution in [3.63, 3.8) is 0 Å². The van der Waals surface area contributed by atoms with Gasteiger partial charge in [0, 0.05) is 18.4 Å². The van der Waals surface area contributed by atoms with E-state index in [0.29, 0.717) is 25.7 Å². The molecule has 3 N–H and O–H groups in total. The standard InChI is InChI=1S/C18H23N3O3.HI/c1-22-13-14-5-3-4-6-17(14)21-18(19)20-11-12-24-16-9-7-15(23-2)8-10-16;/h3-10H,11-13H2,1-2H3,(H3,19,20,21);1H. The molecule has 136 valence electrons. The summed E-state index contributed by atoms with van der Waals surface area (Å²) >= 11 is 0. The summed E-state index contributed by atoms with van der Waals surface area (Å²) in [5, 5.41) is 3.08. The minimum Gasteiger partial charge on any atom is -0.497 e. The van der Waals surface area contributed by atoms with Gasteiger partial charge in [-0.05, 0) is 30.3 Å². The number of anilines is 1. The van der Waals surface area contributed by atoms with E-state index in [-0.39, 0.29) is 24.0 Å². The van der Waals surface area contributed by atoms with Gasteiger partial charge in [-0.3, -0.25) is 0 Å². The highest BCUT2D eigenvalue weighted by Gasteiger charge is 2.02. The van der Waals surface area contributed by atoms with Gasteiger partial charge in [-0.15, -0.1) is 24.0 Å². The van der Waals surface area contributed by atoms with Crippen LogP contribution in [0.4, 0.5) is 5.69 Å². The van der Waals surface area contributed by atoms with E-state index >= 15 is 0 Å². The summed E-state index contributed by atoms with van der Waals surface area (Å²) in [6.45, 7) is 1.41. The Morgan fingerprint density at radius 3 is 2.40 bits per heavy atom. The Morgan fingerprint density at radius 1 is 1.04 bits per heavy atom. The first kappa shape index (κ1) is 21.0. The largest absolute Gasteiger partial charge is 0.497 e. The van der Waals surface area contributed by atoms with E-state index in [1.54, 1.807) is 14.2 Å². The van der Waals surface area contributed by atoms with E-state index in [2.05, 4.69) is 10.3 Å². The second-order valence-electron chi connectivity index (χ2n) is 5.01. The molecule has 0 fully saturated rings. The molecule has 0 heterocycles. The first-order chi connectivity index (χ1) is 11.7. The highest BCUT2D eigenvalue weighted by molar-refractivity contribution is 14.0. The summed E-state index contributed by atoms with van der Waals surface area (Å²) in [6.07, 6.45) is 0. The van der Waals surface area contributed by atoms with E-state index in [0.717, 1.165) is 22.7 Å². The molecule has 0 aliphatic carbocycles. The first-order valence-corrected chi connectivity index (χ1v) is 7.63. The molecular weight excluding hydrogens is 433 g/mol. The Bertz CT molecular complexity index is 663. The van der Waals surface area contributed by atoms with E-state index in [9.17, 15) is 0 Å². The Labute approximate surface area is 165 Å². The van der Waals surface area contributed by atoms with Gasteiger partial charge < -0.3 is 25.3 Å². The quantitative estimate of drug-likeness (QED) is 0.276. The molecule has 0 aromatic heterocycles. The number of methoxy groups -OCH3 is 2. The maximum Gasteiger partial charge on any atom is 0.193 e. The number of rotatable bonds is 8. The number of ether oxygens (including phenoxy) is 3. The van der Waals surface area contributed by atoms with Crippen LogP contribution in [0, 0.1) is 0 Å². The molecule has 6 nitrogen and oxygen atoms in total. The highest BCUT2D eigenvalue weighted by atomic mass is 127. The zero-order valence-corrected chi connectivity index (χ0v) is 16.7. The lowest BCUT2D eigenvalue weighted by atomic mass is 10.2. The third-order valence-electron chi connectivity index (χ3n) is 3.28. The summed E-state index contributed by atoms with van der Waals surface area (Å²) in [5.41, 5.74) is 7.82. The molecule has 0 unspecified atom stereocenters. The fourth-order valence-corrected chi connectivity index (χ4v) is 2.10. The molecule has 7 heteroatoms. The lowest BCUT2D eigenvalue weighted by Crippen LogP contribution is -2.24. The van der Waals surface area contributed by atoms with Gasteiger partial charge in [-0.2, -0.15) is 0 Å². The number of para-hydroxylation sites is 1. The van der Waals surface area contributed by atoms with Crippen molar-refractivity contribution >= 4 is 35.6 Å². The van der Waals surface area contributed by atoms with Gasteiger partial charge in [0.2, 0.25) is 0 Å². The topological polar surface area (TPSA) is 78.1 Å². The van der Waals surface area contributed by atoms with Crippen molar-refractivity contribution in [1.29, 1.82) is 0 Å². The number of nitrogens with zero attached hydrogens (tertiary/aromatic N) is 1. The molecule has 0 aliphatic heterocycles. The van der Waals surface area contributed by atoms with Crippen LogP contribution in [-0.4, -0.2) is 33.3 Å². The van der Waals surface area contributed by atoms with E-state index in [1.807, 2.05) is 48.5 Å². The minimum absolute atomic E-state index is 0. The summed E-state index contributed by atoms with van der Waals surface area (Å²) in [6, 6.07) is 15.2. The highest BCUT2D eigenvalue weighted by Crippen LogP contribution is 2.17. The van der Waals surface area contributed by atoms with Crippen molar-refractivity contribution in [2.45, 2.75) is 6.61 Å². The molecule has 0 bridgehead atoms. The van der Waals surface area contributed by atoms with Crippen molar-refractivity contribution < 1.29 is 14.2 Å². The zero-order chi connectivity index (χ0) is 17.2. The molecular formula is C18H24IN3O3. The SMILES string of the molecule is COCc1ccccc1NC(N)=NCCOc1ccc(OC)cc1.I. The third kappa shape index (κ3) is 7.18. The molecule has 0 saturated heterocycles. The van der Waals surface area contributed by atoms with Crippen LogP contribution in [0.5, 0.6) is 11.5 Å².